The lowest BCUT2D eigenvalue weighted by Crippen LogP contribution is -1.86. The largest absolute Gasteiger partial charge is 0.497 e. The van der Waals surface area contributed by atoms with Gasteiger partial charge in [-0.05, 0) is 43.2 Å². The Balaban J connectivity index is 0.000000253. The highest BCUT2D eigenvalue weighted by atomic mass is 16.5. The third-order valence-electron chi connectivity index (χ3n) is 4.27. The molecule has 0 bridgehead atoms. The molecule has 3 heteroatoms. The van der Waals surface area contributed by atoms with E-state index < -0.39 is 0 Å². The minimum absolute atomic E-state index is 0.857. The van der Waals surface area contributed by atoms with Crippen LogP contribution in [0.5, 0.6) is 5.75 Å². The van der Waals surface area contributed by atoms with Crippen molar-refractivity contribution in [3.05, 3.63) is 90.3 Å². The van der Waals surface area contributed by atoms with Gasteiger partial charge in [0.25, 0.3) is 0 Å². The van der Waals surface area contributed by atoms with Gasteiger partial charge >= 0.3 is 0 Å². The fourth-order valence-electron chi connectivity index (χ4n) is 2.96. The molecule has 0 atom stereocenters. The van der Waals surface area contributed by atoms with Crippen LogP contribution in [0.2, 0.25) is 0 Å². The first-order valence-electron chi connectivity index (χ1n) is 8.97. The molecule has 2 aromatic heterocycles. The summed E-state index contributed by atoms with van der Waals surface area (Å²) >= 11 is 0. The Morgan fingerprint density at radius 3 is 2.48 bits per heavy atom. The van der Waals surface area contributed by atoms with Crippen molar-refractivity contribution in [3.63, 3.8) is 0 Å². The van der Waals surface area contributed by atoms with Crippen LogP contribution in [0.25, 0.3) is 28.2 Å². The van der Waals surface area contributed by atoms with Crippen molar-refractivity contribution in [2.24, 2.45) is 0 Å². The summed E-state index contributed by atoms with van der Waals surface area (Å²) in [6.45, 7) is 4.10. The number of allylic oxidation sites excluding steroid dienone is 1. The third kappa shape index (κ3) is 4.45. The highest BCUT2D eigenvalue weighted by Crippen LogP contribution is 2.32. The summed E-state index contributed by atoms with van der Waals surface area (Å²) in [6.07, 6.45) is 7.93. The lowest BCUT2D eigenvalue weighted by atomic mass is 10.0. The van der Waals surface area contributed by atoms with E-state index in [4.69, 9.17) is 4.74 Å². The number of aromatic amines is 1. The second-order valence-electron chi connectivity index (χ2n) is 6.21. The highest BCUT2D eigenvalue weighted by Gasteiger charge is 2.10. The van der Waals surface area contributed by atoms with Crippen molar-refractivity contribution in [1.29, 1.82) is 0 Å². The molecule has 0 aliphatic heterocycles. The van der Waals surface area contributed by atoms with Crippen LogP contribution < -0.4 is 4.74 Å². The number of aryl methyl sites for hydroxylation is 1. The molecule has 0 amide bonds. The normalized spacial score (nSPS) is 10.6. The lowest BCUT2D eigenvalue weighted by Gasteiger charge is -2.07. The monoisotopic (exact) mass is 356 g/mol. The zero-order valence-corrected chi connectivity index (χ0v) is 15.9. The number of H-pyrrole nitrogens is 1. The molecule has 0 saturated carbocycles. The molecule has 136 valence electrons. The van der Waals surface area contributed by atoms with Gasteiger partial charge in [0.15, 0.2) is 0 Å². The van der Waals surface area contributed by atoms with Crippen LogP contribution in [0.3, 0.4) is 0 Å². The number of hydrogen-bond acceptors (Lipinski definition) is 2. The first-order valence-corrected chi connectivity index (χ1v) is 8.97. The number of hydrogen-bond donors (Lipinski definition) is 1. The quantitative estimate of drug-likeness (QED) is 0.470. The van der Waals surface area contributed by atoms with Crippen molar-refractivity contribution in [2.75, 3.05) is 7.11 Å². The summed E-state index contributed by atoms with van der Waals surface area (Å²) in [5, 5.41) is 1.14. The average molecular weight is 356 g/mol. The van der Waals surface area contributed by atoms with Crippen molar-refractivity contribution >= 4 is 17.1 Å². The van der Waals surface area contributed by atoms with E-state index in [1.807, 2.05) is 67.9 Å². The number of benzene rings is 2. The lowest BCUT2D eigenvalue weighted by molar-refractivity contribution is 0.415. The van der Waals surface area contributed by atoms with Gasteiger partial charge in [-0.25, -0.2) is 4.98 Å². The van der Waals surface area contributed by atoms with Crippen LogP contribution in [0.4, 0.5) is 0 Å². The van der Waals surface area contributed by atoms with Crippen LogP contribution >= 0.6 is 0 Å². The van der Waals surface area contributed by atoms with E-state index >= 15 is 0 Å². The SMILES string of the molecule is C/C=C/c1c[nH]c2nccc(-c3cccc(OC)c3)c12.Cc1ccccc1. The molecule has 0 saturated heterocycles. The molecule has 0 unspecified atom stereocenters. The van der Waals surface area contributed by atoms with E-state index in [0.717, 1.165) is 33.5 Å². The minimum atomic E-state index is 0.857. The number of nitrogens with zero attached hydrogens (tertiary/aromatic N) is 1. The average Bonchev–Trinajstić information content (AvgIpc) is 3.13. The van der Waals surface area contributed by atoms with Crippen molar-refractivity contribution < 1.29 is 4.74 Å². The Morgan fingerprint density at radius 1 is 1.00 bits per heavy atom. The van der Waals surface area contributed by atoms with Crippen LogP contribution in [0, 0.1) is 6.92 Å². The van der Waals surface area contributed by atoms with Gasteiger partial charge in [0.1, 0.15) is 11.4 Å². The molecule has 0 aliphatic rings. The Bertz CT molecular complexity index is 1030. The molecule has 0 spiro atoms. The zero-order valence-electron chi connectivity index (χ0n) is 15.9. The number of rotatable bonds is 3. The summed E-state index contributed by atoms with van der Waals surface area (Å²) in [6, 6.07) is 20.4. The maximum Gasteiger partial charge on any atom is 0.138 e. The molecule has 0 aliphatic carbocycles. The molecular weight excluding hydrogens is 332 g/mol. The van der Waals surface area contributed by atoms with Gasteiger partial charge < -0.3 is 9.72 Å². The van der Waals surface area contributed by atoms with E-state index in [0.29, 0.717) is 0 Å². The molecule has 0 radical (unpaired) electrons. The molecule has 3 nitrogen and oxygen atoms in total. The predicted molar refractivity (Wildman–Crippen MR) is 114 cm³/mol. The summed E-state index contributed by atoms with van der Waals surface area (Å²) in [4.78, 5) is 7.61. The van der Waals surface area contributed by atoms with Crippen molar-refractivity contribution in [3.8, 4) is 16.9 Å². The van der Waals surface area contributed by atoms with Gasteiger partial charge in [-0.15, -0.1) is 0 Å². The molecule has 0 fully saturated rings. The molecule has 2 heterocycles. The molecule has 2 aromatic carbocycles. The number of aromatic nitrogens is 2. The Morgan fingerprint density at radius 2 is 1.81 bits per heavy atom. The van der Waals surface area contributed by atoms with E-state index in [9.17, 15) is 0 Å². The van der Waals surface area contributed by atoms with Gasteiger partial charge in [-0.1, -0.05) is 60.2 Å². The van der Waals surface area contributed by atoms with Crippen LogP contribution in [0.15, 0.2) is 79.1 Å². The number of pyridine rings is 1. The third-order valence-corrected chi connectivity index (χ3v) is 4.27. The van der Waals surface area contributed by atoms with Gasteiger partial charge in [0.2, 0.25) is 0 Å². The minimum Gasteiger partial charge on any atom is -0.497 e. The number of fused-ring (bicyclic) bond motifs is 1. The predicted octanol–water partition coefficient (Wildman–Crippen LogP) is 6.27. The Hall–Kier alpha value is -3.33. The van der Waals surface area contributed by atoms with E-state index in [1.165, 1.54) is 5.56 Å². The Labute approximate surface area is 160 Å². The van der Waals surface area contributed by atoms with Gasteiger partial charge in [0.05, 0.1) is 7.11 Å². The van der Waals surface area contributed by atoms with Gasteiger partial charge in [-0.3, -0.25) is 0 Å². The molecule has 4 aromatic rings. The standard InChI is InChI=1S/C17H16N2O.C7H8/c1-3-5-13-11-19-17-16(13)15(8-9-18-17)12-6-4-7-14(10-12)20-2;1-7-5-3-2-4-6-7/h3-11H,1-2H3,(H,18,19);2-6H,1H3/b5-3+;. The van der Waals surface area contributed by atoms with Crippen LogP contribution in [-0.2, 0) is 0 Å². The summed E-state index contributed by atoms with van der Waals surface area (Å²) in [7, 11) is 1.68. The number of nitrogens with one attached hydrogen (secondary N) is 1. The van der Waals surface area contributed by atoms with Gasteiger partial charge in [0, 0.05) is 23.3 Å². The Kier molecular flexibility index (Phi) is 6.06. The second kappa shape index (κ2) is 8.86. The van der Waals surface area contributed by atoms with Crippen LogP contribution in [0.1, 0.15) is 18.1 Å². The summed E-state index contributed by atoms with van der Waals surface area (Å²) in [5.41, 5.74) is 5.65. The highest BCUT2D eigenvalue weighted by molar-refractivity contribution is 5.99. The maximum absolute atomic E-state index is 5.31. The first kappa shape index (κ1) is 18.5. The van der Waals surface area contributed by atoms with Crippen molar-refractivity contribution in [2.45, 2.75) is 13.8 Å². The fourth-order valence-corrected chi connectivity index (χ4v) is 2.96. The molecule has 4 rings (SSSR count). The maximum atomic E-state index is 5.31. The fraction of sp³-hybridized carbons (Fsp3) is 0.125. The summed E-state index contributed by atoms with van der Waals surface area (Å²) in [5.74, 6) is 0.857. The van der Waals surface area contributed by atoms with Gasteiger partial charge in [-0.2, -0.15) is 0 Å². The van der Waals surface area contributed by atoms with E-state index in [2.05, 4.69) is 41.2 Å². The molecule has 27 heavy (non-hydrogen) atoms. The zero-order chi connectivity index (χ0) is 19.1. The topological polar surface area (TPSA) is 37.9 Å². The van der Waals surface area contributed by atoms with E-state index in [1.54, 1.807) is 7.11 Å². The molecular formula is C24H24N2O. The van der Waals surface area contributed by atoms with E-state index in [-0.39, 0.29) is 0 Å². The number of ether oxygens (including phenoxy) is 1. The second-order valence-corrected chi connectivity index (χ2v) is 6.21. The first-order chi connectivity index (χ1) is 13.2. The summed E-state index contributed by atoms with van der Waals surface area (Å²) < 4.78 is 5.31. The number of methoxy groups -OCH3 is 1. The smallest absolute Gasteiger partial charge is 0.138 e. The van der Waals surface area contributed by atoms with Crippen molar-refractivity contribution in [1.82, 2.24) is 9.97 Å². The van der Waals surface area contributed by atoms with Crippen LogP contribution in [-0.4, -0.2) is 17.1 Å². The molecule has 1 N–H and O–H groups in total.